The third-order valence-electron chi connectivity index (χ3n) is 4.37. The third-order valence-corrected chi connectivity index (χ3v) is 4.37. The fourth-order valence-corrected chi connectivity index (χ4v) is 3.35. The highest BCUT2D eigenvalue weighted by atomic mass is 16.5. The van der Waals surface area contributed by atoms with Crippen LogP contribution in [0.4, 0.5) is 0 Å². The minimum atomic E-state index is 0.116. The topological polar surface area (TPSA) is 47.7 Å². The van der Waals surface area contributed by atoms with E-state index >= 15 is 0 Å². The number of nitrogens with zero attached hydrogens (tertiary/aromatic N) is 1. The predicted molar refractivity (Wildman–Crippen MR) is 68.0 cm³/mol. The van der Waals surface area contributed by atoms with E-state index in [0.29, 0.717) is 18.1 Å². The normalized spacial score (nSPS) is 44.8. The summed E-state index contributed by atoms with van der Waals surface area (Å²) in [6.45, 7) is 10.9. The highest BCUT2D eigenvalue weighted by Crippen LogP contribution is 2.34. The van der Waals surface area contributed by atoms with Crippen molar-refractivity contribution in [2.24, 2.45) is 11.7 Å². The molecule has 0 radical (unpaired) electrons. The van der Waals surface area contributed by atoms with Gasteiger partial charge in [0.2, 0.25) is 0 Å². The molecular formula is C13H26N2O2. The van der Waals surface area contributed by atoms with Crippen LogP contribution in [0, 0.1) is 5.92 Å². The number of ether oxygens (including phenoxy) is 2. The molecule has 2 heterocycles. The summed E-state index contributed by atoms with van der Waals surface area (Å²) in [4.78, 5) is 2.55. The van der Waals surface area contributed by atoms with Gasteiger partial charge in [-0.3, -0.25) is 4.90 Å². The Morgan fingerprint density at radius 2 is 1.88 bits per heavy atom. The molecule has 4 heteroatoms. The maximum atomic E-state index is 6.11. The first-order valence-corrected chi connectivity index (χ1v) is 6.77. The van der Waals surface area contributed by atoms with Gasteiger partial charge in [-0.1, -0.05) is 6.92 Å². The van der Waals surface area contributed by atoms with Gasteiger partial charge < -0.3 is 15.2 Å². The molecule has 4 atom stereocenters. The van der Waals surface area contributed by atoms with Gasteiger partial charge in [0.15, 0.2) is 0 Å². The second-order valence-electron chi connectivity index (χ2n) is 5.70. The average Bonchev–Trinajstić information content (AvgIpc) is 2.28. The van der Waals surface area contributed by atoms with E-state index in [4.69, 9.17) is 15.2 Å². The molecule has 4 nitrogen and oxygen atoms in total. The number of nitrogens with two attached hydrogens (primary N) is 1. The Morgan fingerprint density at radius 3 is 2.41 bits per heavy atom. The van der Waals surface area contributed by atoms with Crippen LogP contribution in [-0.2, 0) is 9.47 Å². The highest BCUT2D eigenvalue weighted by molar-refractivity contribution is 4.99. The van der Waals surface area contributed by atoms with Crippen LogP contribution in [0.1, 0.15) is 27.2 Å². The maximum Gasteiger partial charge on any atom is 0.0678 e. The van der Waals surface area contributed by atoms with E-state index in [-0.39, 0.29) is 5.54 Å². The van der Waals surface area contributed by atoms with Gasteiger partial charge in [0.05, 0.1) is 18.8 Å². The molecule has 17 heavy (non-hydrogen) atoms. The molecule has 0 aromatic heterocycles. The lowest BCUT2D eigenvalue weighted by Crippen LogP contribution is -2.65. The van der Waals surface area contributed by atoms with Crippen molar-refractivity contribution in [3.63, 3.8) is 0 Å². The summed E-state index contributed by atoms with van der Waals surface area (Å²) in [5, 5.41) is 0. The molecule has 2 aliphatic rings. The van der Waals surface area contributed by atoms with Crippen LogP contribution >= 0.6 is 0 Å². The summed E-state index contributed by atoms with van der Waals surface area (Å²) in [5.41, 5.74) is 6.23. The maximum absolute atomic E-state index is 6.11. The summed E-state index contributed by atoms with van der Waals surface area (Å²) in [7, 11) is 0. The van der Waals surface area contributed by atoms with Crippen molar-refractivity contribution < 1.29 is 9.47 Å². The lowest BCUT2D eigenvalue weighted by atomic mass is 9.78. The summed E-state index contributed by atoms with van der Waals surface area (Å²) in [6.07, 6.45) is 1.65. The Morgan fingerprint density at radius 1 is 1.24 bits per heavy atom. The van der Waals surface area contributed by atoms with Crippen LogP contribution < -0.4 is 5.73 Å². The first kappa shape index (κ1) is 13.3. The molecule has 2 fully saturated rings. The van der Waals surface area contributed by atoms with Gasteiger partial charge in [0.25, 0.3) is 0 Å². The molecule has 2 aliphatic heterocycles. The van der Waals surface area contributed by atoms with Gasteiger partial charge in [0.1, 0.15) is 0 Å². The van der Waals surface area contributed by atoms with Crippen LogP contribution in [0.2, 0.25) is 0 Å². The minimum absolute atomic E-state index is 0.116. The molecule has 0 saturated carbocycles. The fourth-order valence-electron chi connectivity index (χ4n) is 3.35. The Balaban J connectivity index is 2.15. The van der Waals surface area contributed by atoms with Crippen LogP contribution in [0.5, 0.6) is 0 Å². The van der Waals surface area contributed by atoms with Gasteiger partial charge in [0, 0.05) is 31.8 Å². The largest absolute Gasteiger partial charge is 0.381 e. The van der Waals surface area contributed by atoms with Gasteiger partial charge in [-0.05, 0) is 26.2 Å². The van der Waals surface area contributed by atoms with E-state index in [1.165, 1.54) is 0 Å². The van der Waals surface area contributed by atoms with Crippen molar-refractivity contribution in [1.82, 2.24) is 4.90 Å². The van der Waals surface area contributed by atoms with Gasteiger partial charge in [-0.15, -0.1) is 0 Å². The quantitative estimate of drug-likeness (QED) is 0.780. The summed E-state index contributed by atoms with van der Waals surface area (Å²) in [5.74, 6) is 0.499. The molecule has 2 unspecified atom stereocenters. The lowest BCUT2D eigenvalue weighted by Gasteiger charge is -2.53. The van der Waals surface area contributed by atoms with E-state index in [2.05, 4.69) is 25.7 Å². The van der Waals surface area contributed by atoms with Crippen molar-refractivity contribution >= 4 is 0 Å². The van der Waals surface area contributed by atoms with E-state index in [1.54, 1.807) is 0 Å². The SMILES string of the molecule is CC1COCCC1(CN)N1C[C@@H](C)O[C@@H](C)C1. The number of hydrogen-bond acceptors (Lipinski definition) is 4. The third kappa shape index (κ3) is 2.50. The van der Waals surface area contributed by atoms with Gasteiger partial charge in [-0.25, -0.2) is 0 Å². The molecule has 0 aromatic carbocycles. The molecular weight excluding hydrogens is 216 g/mol. The number of rotatable bonds is 2. The molecule has 100 valence electrons. The predicted octanol–water partition coefficient (Wildman–Crippen LogP) is 0.850. The van der Waals surface area contributed by atoms with Crippen LogP contribution in [0.25, 0.3) is 0 Å². The van der Waals surface area contributed by atoms with Crippen molar-refractivity contribution in [3.8, 4) is 0 Å². The second kappa shape index (κ2) is 5.22. The van der Waals surface area contributed by atoms with E-state index in [9.17, 15) is 0 Å². The lowest BCUT2D eigenvalue weighted by molar-refractivity contribution is -0.138. The molecule has 0 aliphatic carbocycles. The monoisotopic (exact) mass is 242 g/mol. The van der Waals surface area contributed by atoms with Crippen LogP contribution in [0.3, 0.4) is 0 Å². The minimum Gasteiger partial charge on any atom is -0.381 e. The Hall–Kier alpha value is -0.160. The molecule has 0 bridgehead atoms. The molecule has 0 amide bonds. The Labute approximate surface area is 104 Å². The highest BCUT2D eigenvalue weighted by Gasteiger charge is 2.44. The molecule has 0 spiro atoms. The van der Waals surface area contributed by atoms with Crippen LogP contribution in [-0.4, -0.2) is 55.5 Å². The van der Waals surface area contributed by atoms with Crippen molar-refractivity contribution in [1.29, 1.82) is 0 Å². The molecule has 0 aromatic rings. The van der Waals surface area contributed by atoms with E-state index in [0.717, 1.165) is 39.3 Å². The first-order valence-electron chi connectivity index (χ1n) is 6.77. The molecule has 2 N–H and O–H groups in total. The zero-order valence-electron chi connectivity index (χ0n) is 11.3. The van der Waals surface area contributed by atoms with E-state index in [1.807, 2.05) is 0 Å². The summed E-state index contributed by atoms with van der Waals surface area (Å²) >= 11 is 0. The second-order valence-corrected chi connectivity index (χ2v) is 5.70. The number of hydrogen-bond donors (Lipinski definition) is 1. The molecule has 2 rings (SSSR count). The zero-order valence-corrected chi connectivity index (χ0v) is 11.3. The zero-order chi connectivity index (χ0) is 12.5. The van der Waals surface area contributed by atoms with Crippen molar-refractivity contribution in [2.45, 2.75) is 44.9 Å². The number of morpholine rings is 1. The molecule has 2 saturated heterocycles. The summed E-state index contributed by atoms with van der Waals surface area (Å²) < 4.78 is 11.4. The van der Waals surface area contributed by atoms with E-state index < -0.39 is 0 Å². The first-order chi connectivity index (χ1) is 8.08. The van der Waals surface area contributed by atoms with Crippen molar-refractivity contribution in [3.05, 3.63) is 0 Å². The average molecular weight is 242 g/mol. The Kier molecular flexibility index (Phi) is 4.08. The smallest absolute Gasteiger partial charge is 0.0678 e. The van der Waals surface area contributed by atoms with Crippen LogP contribution in [0.15, 0.2) is 0 Å². The van der Waals surface area contributed by atoms with Gasteiger partial charge >= 0.3 is 0 Å². The summed E-state index contributed by atoms with van der Waals surface area (Å²) in [6, 6.07) is 0. The van der Waals surface area contributed by atoms with Gasteiger partial charge in [-0.2, -0.15) is 0 Å². The Bertz CT molecular complexity index is 252. The fraction of sp³-hybridized carbons (Fsp3) is 1.00. The van der Waals surface area contributed by atoms with Crippen molar-refractivity contribution in [2.75, 3.05) is 32.8 Å². The standard InChI is InChI=1S/C13H26N2O2/c1-10-8-16-5-4-13(10,9-14)15-6-11(2)17-12(3)7-15/h10-12H,4-9,14H2,1-3H3/t10?,11-,12+,13?.